The lowest BCUT2D eigenvalue weighted by molar-refractivity contribution is -0.119. The van der Waals surface area contributed by atoms with Gasteiger partial charge < -0.3 is 29.4 Å². The van der Waals surface area contributed by atoms with E-state index >= 15 is 0 Å². The zero-order valence-corrected chi connectivity index (χ0v) is 20.7. The number of para-hydroxylation sites is 1. The summed E-state index contributed by atoms with van der Waals surface area (Å²) in [5, 5.41) is 24.9. The number of nitrogens with one attached hydrogen (secondary N) is 2. The minimum atomic E-state index is -1.16. The quantitative estimate of drug-likeness (QED) is 0.227. The molecule has 0 fully saturated rings. The molecule has 2 aromatic carbocycles. The molecule has 36 heavy (non-hydrogen) atoms. The van der Waals surface area contributed by atoms with Gasteiger partial charge in [-0.25, -0.2) is 4.79 Å². The number of carboxylic acids is 1. The van der Waals surface area contributed by atoms with Crippen molar-refractivity contribution in [1.29, 1.82) is 0 Å². The number of rotatable bonds is 14. The van der Waals surface area contributed by atoms with Crippen molar-refractivity contribution in [2.75, 3.05) is 38.4 Å². The van der Waals surface area contributed by atoms with Crippen molar-refractivity contribution in [2.24, 2.45) is 0 Å². The third-order valence-corrected chi connectivity index (χ3v) is 5.57. The monoisotopic (exact) mass is 536 g/mol. The standard InChI is InChI=1S/C25H26Cl2N2O7/c26-16-5-7-20(27)19(13-16)23-8-6-17(36-23)14-28-22(15-35-12-11-34-10-9-30)24(31)29-21-4-2-1-3-18(21)25(32)33/h1-8,13,22,28,30H,9-12,14-15H2,(H,29,31)(H,32,33). The summed E-state index contributed by atoms with van der Waals surface area (Å²) in [5.41, 5.74) is 0.780. The van der Waals surface area contributed by atoms with Crippen LogP contribution in [0, 0.1) is 0 Å². The molecule has 0 aliphatic heterocycles. The van der Waals surface area contributed by atoms with Crippen molar-refractivity contribution in [3.63, 3.8) is 0 Å². The molecule has 1 amide bonds. The van der Waals surface area contributed by atoms with E-state index in [-0.39, 0.29) is 50.8 Å². The number of anilines is 1. The van der Waals surface area contributed by atoms with Crippen molar-refractivity contribution in [2.45, 2.75) is 12.6 Å². The fourth-order valence-corrected chi connectivity index (χ4v) is 3.62. The lowest BCUT2D eigenvalue weighted by Gasteiger charge is -2.19. The molecule has 192 valence electrons. The SMILES string of the molecule is O=C(O)c1ccccc1NC(=O)C(COCCOCCO)NCc1ccc(-c2cc(Cl)ccc2Cl)o1. The molecule has 11 heteroatoms. The summed E-state index contributed by atoms with van der Waals surface area (Å²) < 4.78 is 16.6. The molecule has 0 spiro atoms. The minimum absolute atomic E-state index is 0.0166. The lowest BCUT2D eigenvalue weighted by Crippen LogP contribution is -2.44. The number of aliphatic hydroxyl groups excluding tert-OH is 1. The van der Waals surface area contributed by atoms with Crippen LogP contribution in [0.3, 0.4) is 0 Å². The average molecular weight is 537 g/mol. The third kappa shape index (κ3) is 8.06. The highest BCUT2D eigenvalue weighted by Gasteiger charge is 2.21. The largest absolute Gasteiger partial charge is 0.478 e. The van der Waals surface area contributed by atoms with Gasteiger partial charge in [0.05, 0.1) is 55.9 Å². The Hall–Kier alpha value is -2.92. The van der Waals surface area contributed by atoms with Crippen LogP contribution in [-0.4, -0.2) is 61.2 Å². The number of aromatic carboxylic acids is 1. The van der Waals surface area contributed by atoms with Crippen molar-refractivity contribution in [3.8, 4) is 11.3 Å². The van der Waals surface area contributed by atoms with Gasteiger partial charge in [-0.2, -0.15) is 0 Å². The number of carbonyl (C=O) groups is 2. The predicted molar refractivity (Wildman–Crippen MR) is 136 cm³/mol. The van der Waals surface area contributed by atoms with Crippen molar-refractivity contribution in [3.05, 3.63) is 76.0 Å². The van der Waals surface area contributed by atoms with E-state index in [9.17, 15) is 14.7 Å². The maximum atomic E-state index is 13.0. The average Bonchev–Trinajstić information content (AvgIpc) is 3.33. The summed E-state index contributed by atoms with van der Waals surface area (Å²) in [4.78, 5) is 24.5. The molecule has 0 aliphatic carbocycles. The number of furan rings is 1. The van der Waals surface area contributed by atoms with Crippen molar-refractivity contribution >= 4 is 40.8 Å². The fraction of sp³-hybridized carbons (Fsp3) is 0.280. The van der Waals surface area contributed by atoms with Gasteiger partial charge in [-0.1, -0.05) is 35.3 Å². The number of hydrogen-bond acceptors (Lipinski definition) is 7. The first-order valence-electron chi connectivity index (χ1n) is 11.1. The molecule has 0 aliphatic rings. The number of ether oxygens (including phenoxy) is 2. The Morgan fingerprint density at radius 2 is 1.78 bits per heavy atom. The molecule has 4 N–H and O–H groups in total. The van der Waals surface area contributed by atoms with Crippen molar-refractivity contribution in [1.82, 2.24) is 5.32 Å². The van der Waals surface area contributed by atoms with Gasteiger partial charge in [-0.15, -0.1) is 0 Å². The second-order valence-electron chi connectivity index (χ2n) is 7.57. The normalized spacial score (nSPS) is 11.9. The van der Waals surface area contributed by atoms with Crippen LogP contribution in [0.2, 0.25) is 10.0 Å². The summed E-state index contributed by atoms with van der Waals surface area (Å²) in [6.45, 7) is 0.711. The Morgan fingerprint density at radius 1 is 1.00 bits per heavy atom. The van der Waals surface area contributed by atoms with E-state index in [4.69, 9.17) is 42.2 Å². The Balaban J connectivity index is 1.67. The van der Waals surface area contributed by atoms with E-state index in [0.717, 1.165) is 0 Å². The maximum Gasteiger partial charge on any atom is 0.337 e. The second kappa shape index (κ2) is 14.0. The van der Waals surface area contributed by atoms with Gasteiger partial charge in [0.2, 0.25) is 5.91 Å². The summed E-state index contributed by atoms with van der Waals surface area (Å²) in [7, 11) is 0. The summed E-state index contributed by atoms with van der Waals surface area (Å²) in [5.74, 6) is -0.579. The van der Waals surface area contributed by atoms with Crippen LogP contribution in [-0.2, 0) is 20.8 Å². The van der Waals surface area contributed by atoms with Gasteiger partial charge in [0, 0.05) is 10.6 Å². The number of aliphatic hydroxyl groups is 1. The van der Waals surface area contributed by atoms with Gasteiger partial charge in [0.15, 0.2) is 0 Å². The first-order chi connectivity index (χ1) is 17.4. The number of halogens is 2. The van der Waals surface area contributed by atoms with Crippen LogP contribution >= 0.6 is 23.2 Å². The van der Waals surface area contributed by atoms with E-state index in [1.807, 2.05) is 0 Å². The Bertz CT molecular complexity index is 1170. The molecule has 0 saturated heterocycles. The van der Waals surface area contributed by atoms with Gasteiger partial charge in [0.1, 0.15) is 17.6 Å². The number of carboxylic acid groups (broad SMARTS) is 1. The van der Waals surface area contributed by atoms with Crippen LogP contribution in [0.4, 0.5) is 5.69 Å². The molecule has 3 rings (SSSR count). The molecule has 0 saturated carbocycles. The Morgan fingerprint density at radius 3 is 2.56 bits per heavy atom. The van der Waals surface area contributed by atoms with Crippen LogP contribution < -0.4 is 10.6 Å². The second-order valence-corrected chi connectivity index (χ2v) is 8.42. The highest BCUT2D eigenvalue weighted by Crippen LogP contribution is 2.31. The number of hydrogen-bond donors (Lipinski definition) is 4. The van der Waals surface area contributed by atoms with Crippen LogP contribution in [0.5, 0.6) is 0 Å². The molecular formula is C25H26Cl2N2O7. The van der Waals surface area contributed by atoms with E-state index in [1.54, 1.807) is 42.5 Å². The van der Waals surface area contributed by atoms with Crippen LogP contribution in [0.15, 0.2) is 59.0 Å². The van der Waals surface area contributed by atoms with Gasteiger partial charge >= 0.3 is 5.97 Å². The van der Waals surface area contributed by atoms with E-state index in [2.05, 4.69) is 10.6 Å². The highest BCUT2D eigenvalue weighted by atomic mass is 35.5. The van der Waals surface area contributed by atoms with Gasteiger partial charge in [0.25, 0.3) is 0 Å². The molecule has 1 heterocycles. The number of carbonyl (C=O) groups excluding carboxylic acids is 1. The minimum Gasteiger partial charge on any atom is -0.478 e. The fourth-order valence-electron chi connectivity index (χ4n) is 3.24. The number of benzene rings is 2. The summed E-state index contributed by atoms with van der Waals surface area (Å²) in [6.07, 6.45) is 0. The predicted octanol–water partition coefficient (Wildman–Crippen LogP) is 4.07. The first kappa shape index (κ1) is 27.7. The van der Waals surface area contributed by atoms with Crippen LogP contribution in [0.1, 0.15) is 16.1 Å². The molecule has 1 unspecified atom stereocenters. The summed E-state index contributed by atoms with van der Waals surface area (Å²) >= 11 is 12.3. The smallest absolute Gasteiger partial charge is 0.337 e. The molecule has 0 bridgehead atoms. The van der Waals surface area contributed by atoms with E-state index in [1.165, 1.54) is 12.1 Å². The Labute approximate surface area is 217 Å². The van der Waals surface area contributed by atoms with Gasteiger partial charge in [-0.3, -0.25) is 10.1 Å². The molecule has 1 atom stereocenters. The van der Waals surface area contributed by atoms with Crippen LogP contribution in [0.25, 0.3) is 11.3 Å². The zero-order chi connectivity index (χ0) is 25.9. The molecule has 0 radical (unpaired) electrons. The van der Waals surface area contributed by atoms with Gasteiger partial charge in [-0.05, 0) is 42.5 Å². The Kier molecular flexibility index (Phi) is 10.7. The topological polar surface area (TPSA) is 130 Å². The summed E-state index contributed by atoms with van der Waals surface area (Å²) in [6, 6.07) is 13.8. The molecule has 3 aromatic rings. The van der Waals surface area contributed by atoms with E-state index in [0.29, 0.717) is 27.1 Å². The lowest BCUT2D eigenvalue weighted by atomic mass is 10.1. The number of amides is 1. The van der Waals surface area contributed by atoms with Crippen molar-refractivity contribution < 1.29 is 33.7 Å². The molecule has 9 nitrogen and oxygen atoms in total. The highest BCUT2D eigenvalue weighted by molar-refractivity contribution is 6.35. The van der Waals surface area contributed by atoms with E-state index < -0.39 is 17.9 Å². The first-order valence-corrected chi connectivity index (χ1v) is 11.8. The molecule has 1 aromatic heterocycles. The zero-order valence-electron chi connectivity index (χ0n) is 19.2. The maximum absolute atomic E-state index is 13.0. The molecular weight excluding hydrogens is 511 g/mol. The third-order valence-electron chi connectivity index (χ3n) is 5.00.